The molecule has 8 heteroatoms. The molecule has 0 aliphatic heterocycles. The summed E-state index contributed by atoms with van der Waals surface area (Å²) in [5.41, 5.74) is 0.702. The molecule has 0 radical (unpaired) electrons. The standard InChI is InChI=1S/C14H17N5O3/c20-13(21)10-2-4-12(5-3-10)19-8-11(17-18-19)9-22-14-15-6-1-7-16-14/h1,6-8,10,12H,2-5,9H2,(H,20,21). The van der Waals surface area contributed by atoms with E-state index < -0.39 is 5.97 Å². The summed E-state index contributed by atoms with van der Waals surface area (Å²) in [6.07, 6.45) is 8.05. The maximum Gasteiger partial charge on any atom is 0.316 e. The Kier molecular flexibility index (Phi) is 4.27. The Morgan fingerprint density at radius 1 is 1.27 bits per heavy atom. The minimum absolute atomic E-state index is 0.213. The van der Waals surface area contributed by atoms with E-state index in [0.29, 0.717) is 24.5 Å². The third kappa shape index (κ3) is 3.38. The van der Waals surface area contributed by atoms with Crippen LogP contribution in [0.25, 0.3) is 0 Å². The van der Waals surface area contributed by atoms with Crippen LogP contribution in [-0.4, -0.2) is 36.0 Å². The number of nitrogens with zero attached hydrogens (tertiary/aromatic N) is 5. The monoisotopic (exact) mass is 303 g/mol. The lowest BCUT2D eigenvalue weighted by atomic mass is 9.86. The number of hydrogen-bond donors (Lipinski definition) is 1. The molecule has 1 N–H and O–H groups in total. The smallest absolute Gasteiger partial charge is 0.316 e. The predicted molar refractivity (Wildman–Crippen MR) is 75.0 cm³/mol. The van der Waals surface area contributed by atoms with E-state index in [1.54, 1.807) is 18.5 Å². The third-order valence-corrected chi connectivity index (χ3v) is 3.87. The first-order valence-electron chi connectivity index (χ1n) is 7.25. The van der Waals surface area contributed by atoms with Gasteiger partial charge >= 0.3 is 12.0 Å². The molecule has 1 fully saturated rings. The van der Waals surface area contributed by atoms with Gasteiger partial charge in [0.05, 0.1) is 18.2 Å². The summed E-state index contributed by atoms with van der Waals surface area (Å²) in [4.78, 5) is 18.9. The van der Waals surface area contributed by atoms with Crippen molar-refractivity contribution in [3.8, 4) is 6.01 Å². The molecule has 0 amide bonds. The van der Waals surface area contributed by atoms with E-state index in [0.717, 1.165) is 12.8 Å². The third-order valence-electron chi connectivity index (χ3n) is 3.87. The molecule has 2 aromatic rings. The predicted octanol–water partition coefficient (Wildman–Crippen LogP) is 1.46. The van der Waals surface area contributed by atoms with Gasteiger partial charge in [0.25, 0.3) is 0 Å². The van der Waals surface area contributed by atoms with Crippen LogP contribution in [0.2, 0.25) is 0 Å². The highest BCUT2D eigenvalue weighted by Crippen LogP contribution is 2.31. The molecule has 0 atom stereocenters. The SMILES string of the molecule is O=C(O)C1CCC(n2cc(COc3ncccn3)nn2)CC1. The second-order valence-electron chi connectivity index (χ2n) is 5.35. The Bertz CT molecular complexity index is 622. The van der Waals surface area contributed by atoms with Gasteiger partial charge in [0, 0.05) is 12.4 Å². The summed E-state index contributed by atoms with van der Waals surface area (Å²) in [7, 11) is 0. The Hall–Kier alpha value is -2.51. The maximum atomic E-state index is 11.0. The minimum Gasteiger partial charge on any atom is -0.481 e. The zero-order valence-electron chi connectivity index (χ0n) is 12.0. The van der Waals surface area contributed by atoms with E-state index in [2.05, 4.69) is 20.3 Å². The highest BCUT2D eigenvalue weighted by Gasteiger charge is 2.27. The van der Waals surface area contributed by atoms with E-state index in [1.165, 1.54) is 0 Å². The Morgan fingerprint density at radius 3 is 2.68 bits per heavy atom. The van der Waals surface area contributed by atoms with E-state index in [9.17, 15) is 4.79 Å². The van der Waals surface area contributed by atoms with Crippen LogP contribution in [0.4, 0.5) is 0 Å². The Labute approximate surface area is 127 Å². The molecular formula is C14H17N5O3. The molecular weight excluding hydrogens is 286 g/mol. The fourth-order valence-corrected chi connectivity index (χ4v) is 2.64. The van der Waals surface area contributed by atoms with Crippen molar-refractivity contribution in [2.24, 2.45) is 5.92 Å². The van der Waals surface area contributed by atoms with Crippen LogP contribution >= 0.6 is 0 Å². The largest absolute Gasteiger partial charge is 0.481 e. The first kappa shape index (κ1) is 14.4. The zero-order valence-corrected chi connectivity index (χ0v) is 12.0. The first-order valence-corrected chi connectivity index (χ1v) is 7.25. The summed E-state index contributed by atoms with van der Waals surface area (Å²) in [5, 5.41) is 17.2. The van der Waals surface area contributed by atoms with Crippen LogP contribution in [0.3, 0.4) is 0 Å². The number of carbonyl (C=O) groups is 1. The van der Waals surface area contributed by atoms with E-state index in [-0.39, 0.29) is 18.6 Å². The highest BCUT2D eigenvalue weighted by atomic mass is 16.5. The van der Waals surface area contributed by atoms with Crippen LogP contribution in [0.15, 0.2) is 24.7 Å². The number of aliphatic carboxylic acids is 1. The van der Waals surface area contributed by atoms with Crippen LogP contribution in [0, 0.1) is 5.92 Å². The second-order valence-corrected chi connectivity index (χ2v) is 5.35. The molecule has 3 rings (SSSR count). The molecule has 22 heavy (non-hydrogen) atoms. The van der Waals surface area contributed by atoms with Crippen LogP contribution in [-0.2, 0) is 11.4 Å². The zero-order chi connectivity index (χ0) is 15.4. The molecule has 0 aromatic carbocycles. The van der Waals surface area contributed by atoms with Gasteiger partial charge in [-0.1, -0.05) is 5.21 Å². The van der Waals surface area contributed by atoms with Crippen molar-refractivity contribution in [1.82, 2.24) is 25.0 Å². The molecule has 1 aliphatic rings. The molecule has 1 aliphatic carbocycles. The van der Waals surface area contributed by atoms with Gasteiger partial charge in [-0.25, -0.2) is 14.6 Å². The number of ether oxygens (including phenoxy) is 1. The summed E-state index contributed by atoms with van der Waals surface area (Å²) in [5.74, 6) is -0.924. The molecule has 2 heterocycles. The van der Waals surface area contributed by atoms with Crippen LogP contribution in [0.5, 0.6) is 6.01 Å². The van der Waals surface area contributed by atoms with E-state index in [4.69, 9.17) is 9.84 Å². The van der Waals surface area contributed by atoms with Crippen molar-refractivity contribution in [1.29, 1.82) is 0 Å². The summed E-state index contributed by atoms with van der Waals surface area (Å²) in [6.45, 7) is 0.258. The number of hydrogen-bond acceptors (Lipinski definition) is 6. The fourth-order valence-electron chi connectivity index (χ4n) is 2.64. The lowest BCUT2D eigenvalue weighted by Crippen LogP contribution is -2.23. The van der Waals surface area contributed by atoms with Gasteiger partial charge in [-0.05, 0) is 31.7 Å². The Morgan fingerprint density at radius 2 is 2.00 bits per heavy atom. The number of aromatic nitrogens is 5. The highest BCUT2D eigenvalue weighted by molar-refractivity contribution is 5.70. The normalized spacial score (nSPS) is 21.5. The van der Waals surface area contributed by atoms with Crippen LogP contribution in [0.1, 0.15) is 37.4 Å². The Balaban J connectivity index is 1.54. The van der Waals surface area contributed by atoms with Gasteiger partial charge in [0.1, 0.15) is 12.3 Å². The summed E-state index contributed by atoms with van der Waals surface area (Å²) < 4.78 is 7.23. The molecule has 2 aromatic heterocycles. The quantitative estimate of drug-likeness (QED) is 0.891. The number of carboxylic acids is 1. The van der Waals surface area contributed by atoms with Crippen molar-refractivity contribution in [3.05, 3.63) is 30.4 Å². The number of carboxylic acid groups (broad SMARTS) is 1. The van der Waals surface area contributed by atoms with Crippen molar-refractivity contribution in [2.75, 3.05) is 0 Å². The van der Waals surface area contributed by atoms with Gasteiger partial charge in [-0.2, -0.15) is 0 Å². The molecule has 1 saturated carbocycles. The molecule has 0 saturated heterocycles. The second kappa shape index (κ2) is 6.50. The van der Waals surface area contributed by atoms with Gasteiger partial charge in [0.15, 0.2) is 0 Å². The van der Waals surface area contributed by atoms with Crippen molar-refractivity contribution in [2.45, 2.75) is 38.3 Å². The molecule has 0 unspecified atom stereocenters. The average molecular weight is 303 g/mol. The van der Waals surface area contributed by atoms with Crippen molar-refractivity contribution in [3.63, 3.8) is 0 Å². The topological polar surface area (TPSA) is 103 Å². The van der Waals surface area contributed by atoms with E-state index >= 15 is 0 Å². The average Bonchev–Trinajstić information content (AvgIpc) is 3.03. The van der Waals surface area contributed by atoms with E-state index in [1.807, 2.05) is 10.9 Å². The summed E-state index contributed by atoms with van der Waals surface area (Å²) >= 11 is 0. The van der Waals surface area contributed by atoms with Gasteiger partial charge in [-0.15, -0.1) is 5.10 Å². The van der Waals surface area contributed by atoms with Gasteiger partial charge in [-0.3, -0.25) is 4.79 Å². The molecule has 116 valence electrons. The fraction of sp³-hybridized carbons (Fsp3) is 0.500. The number of rotatable bonds is 5. The van der Waals surface area contributed by atoms with Gasteiger partial charge < -0.3 is 9.84 Å². The minimum atomic E-state index is -0.700. The maximum absolute atomic E-state index is 11.0. The molecule has 0 spiro atoms. The lowest BCUT2D eigenvalue weighted by Gasteiger charge is -2.25. The molecule has 8 nitrogen and oxygen atoms in total. The molecule has 0 bridgehead atoms. The van der Waals surface area contributed by atoms with Crippen molar-refractivity contribution >= 4 is 5.97 Å². The lowest BCUT2D eigenvalue weighted by molar-refractivity contribution is -0.143. The summed E-state index contributed by atoms with van der Waals surface area (Å²) in [6, 6.07) is 2.24. The first-order chi connectivity index (χ1) is 10.7. The van der Waals surface area contributed by atoms with Crippen molar-refractivity contribution < 1.29 is 14.6 Å². The van der Waals surface area contributed by atoms with Gasteiger partial charge in [0.2, 0.25) is 0 Å². The van der Waals surface area contributed by atoms with Crippen LogP contribution < -0.4 is 4.74 Å².